The number of aryl methyl sites for hydroxylation is 1. The van der Waals surface area contributed by atoms with Gasteiger partial charge < -0.3 is 9.16 Å². The standard InChI is InChI=1S/C16H26O2Si/c1-4-15-9-7-10-16(13-15)11-8-12-18-19(6-3)14-17-5-2/h4,7,9-10,13,19H,1,5-6,8,11-12,14H2,2-3H3. The largest absolute Gasteiger partial charge is 0.418 e. The third-order valence-electron chi connectivity index (χ3n) is 3.11. The highest BCUT2D eigenvalue weighted by molar-refractivity contribution is 6.51. The fourth-order valence-corrected chi connectivity index (χ4v) is 3.50. The topological polar surface area (TPSA) is 18.5 Å². The summed E-state index contributed by atoms with van der Waals surface area (Å²) in [6.07, 6.45) is 4.89. The summed E-state index contributed by atoms with van der Waals surface area (Å²) in [6.45, 7) is 9.68. The molecule has 0 amide bonds. The van der Waals surface area contributed by atoms with Crippen LogP contribution in [0.5, 0.6) is 0 Å². The SMILES string of the molecule is C=Cc1cccc(CCCO[SiH](CC)COCC)c1. The van der Waals surface area contributed by atoms with Gasteiger partial charge >= 0.3 is 0 Å². The van der Waals surface area contributed by atoms with E-state index in [1.54, 1.807) is 0 Å². The Balaban J connectivity index is 2.23. The molecule has 0 N–H and O–H groups in total. The van der Waals surface area contributed by atoms with Crippen molar-refractivity contribution in [3.05, 3.63) is 42.0 Å². The smallest absolute Gasteiger partial charge is 0.201 e. The maximum absolute atomic E-state index is 5.97. The minimum Gasteiger partial charge on any atom is -0.418 e. The van der Waals surface area contributed by atoms with Crippen LogP contribution in [0.3, 0.4) is 0 Å². The maximum Gasteiger partial charge on any atom is 0.201 e. The van der Waals surface area contributed by atoms with Crippen molar-refractivity contribution in [2.75, 3.05) is 19.4 Å². The third-order valence-corrected chi connectivity index (χ3v) is 5.34. The Labute approximate surface area is 119 Å². The van der Waals surface area contributed by atoms with Crippen LogP contribution in [0.2, 0.25) is 6.04 Å². The Morgan fingerprint density at radius 1 is 1.32 bits per heavy atom. The number of hydrogen-bond acceptors (Lipinski definition) is 2. The fraction of sp³-hybridized carbons (Fsp3) is 0.500. The molecule has 0 heterocycles. The lowest BCUT2D eigenvalue weighted by Crippen LogP contribution is -2.25. The van der Waals surface area contributed by atoms with Crippen LogP contribution in [-0.4, -0.2) is 28.5 Å². The Bertz CT molecular complexity index is 366. The summed E-state index contributed by atoms with van der Waals surface area (Å²) < 4.78 is 11.4. The van der Waals surface area contributed by atoms with E-state index in [1.165, 1.54) is 11.1 Å². The summed E-state index contributed by atoms with van der Waals surface area (Å²) in [5.41, 5.74) is 2.55. The Morgan fingerprint density at radius 2 is 2.16 bits per heavy atom. The Morgan fingerprint density at radius 3 is 2.84 bits per heavy atom. The van der Waals surface area contributed by atoms with Gasteiger partial charge in [0, 0.05) is 13.2 Å². The molecule has 1 aromatic carbocycles. The lowest BCUT2D eigenvalue weighted by molar-refractivity contribution is 0.171. The van der Waals surface area contributed by atoms with E-state index in [4.69, 9.17) is 9.16 Å². The molecule has 0 aliphatic rings. The lowest BCUT2D eigenvalue weighted by atomic mass is 10.1. The molecule has 0 aromatic heterocycles. The average molecular weight is 278 g/mol. The monoisotopic (exact) mass is 278 g/mol. The molecule has 1 unspecified atom stereocenters. The van der Waals surface area contributed by atoms with Crippen molar-refractivity contribution in [2.24, 2.45) is 0 Å². The molecular weight excluding hydrogens is 252 g/mol. The van der Waals surface area contributed by atoms with Gasteiger partial charge in [-0.15, -0.1) is 0 Å². The van der Waals surface area contributed by atoms with Crippen LogP contribution < -0.4 is 0 Å². The molecule has 19 heavy (non-hydrogen) atoms. The molecular formula is C16H26O2Si. The Hall–Kier alpha value is -0.903. The highest BCUT2D eigenvalue weighted by Gasteiger charge is 2.08. The van der Waals surface area contributed by atoms with Gasteiger partial charge in [-0.3, -0.25) is 0 Å². The average Bonchev–Trinajstić information content (AvgIpc) is 2.47. The van der Waals surface area contributed by atoms with E-state index >= 15 is 0 Å². The van der Waals surface area contributed by atoms with Gasteiger partial charge in [0.05, 0.1) is 6.23 Å². The molecule has 0 aliphatic carbocycles. The molecule has 1 atom stereocenters. The van der Waals surface area contributed by atoms with E-state index in [0.717, 1.165) is 38.3 Å². The van der Waals surface area contributed by atoms with Crippen molar-refractivity contribution in [3.8, 4) is 0 Å². The zero-order valence-electron chi connectivity index (χ0n) is 12.2. The predicted molar refractivity (Wildman–Crippen MR) is 84.9 cm³/mol. The van der Waals surface area contributed by atoms with Crippen molar-refractivity contribution in [1.29, 1.82) is 0 Å². The van der Waals surface area contributed by atoms with Crippen LogP contribution in [0, 0.1) is 0 Å². The first-order valence-electron chi connectivity index (χ1n) is 7.20. The molecule has 106 valence electrons. The van der Waals surface area contributed by atoms with Gasteiger partial charge in [-0.2, -0.15) is 0 Å². The molecule has 0 aliphatic heterocycles. The molecule has 0 fully saturated rings. The van der Waals surface area contributed by atoms with Gasteiger partial charge in [-0.05, 0) is 36.9 Å². The van der Waals surface area contributed by atoms with Crippen molar-refractivity contribution < 1.29 is 9.16 Å². The molecule has 3 heteroatoms. The van der Waals surface area contributed by atoms with Gasteiger partial charge in [-0.25, -0.2) is 0 Å². The normalized spacial score (nSPS) is 12.3. The highest BCUT2D eigenvalue weighted by Crippen LogP contribution is 2.09. The van der Waals surface area contributed by atoms with Gasteiger partial charge in [0.2, 0.25) is 9.04 Å². The summed E-state index contributed by atoms with van der Waals surface area (Å²) in [5.74, 6) is 0. The molecule has 0 radical (unpaired) electrons. The van der Waals surface area contributed by atoms with Gasteiger partial charge in [0.25, 0.3) is 0 Å². The van der Waals surface area contributed by atoms with E-state index in [2.05, 4.69) is 37.8 Å². The van der Waals surface area contributed by atoms with E-state index in [9.17, 15) is 0 Å². The summed E-state index contributed by atoms with van der Waals surface area (Å²) >= 11 is 0. The number of ether oxygens (including phenoxy) is 1. The van der Waals surface area contributed by atoms with Crippen LogP contribution in [-0.2, 0) is 15.6 Å². The second-order valence-electron chi connectivity index (χ2n) is 4.61. The van der Waals surface area contributed by atoms with E-state index in [0.29, 0.717) is 0 Å². The first-order chi connectivity index (χ1) is 9.30. The molecule has 1 aromatic rings. The van der Waals surface area contributed by atoms with Crippen LogP contribution in [0.25, 0.3) is 6.08 Å². The van der Waals surface area contributed by atoms with Gasteiger partial charge in [-0.1, -0.05) is 43.8 Å². The van der Waals surface area contributed by atoms with Crippen molar-refractivity contribution in [2.45, 2.75) is 32.7 Å². The molecule has 2 nitrogen and oxygen atoms in total. The zero-order chi connectivity index (χ0) is 13.9. The number of hydrogen-bond donors (Lipinski definition) is 0. The highest BCUT2D eigenvalue weighted by atomic mass is 28.3. The maximum atomic E-state index is 5.97. The van der Waals surface area contributed by atoms with Crippen molar-refractivity contribution in [1.82, 2.24) is 0 Å². The summed E-state index contributed by atoms with van der Waals surface area (Å²) in [5, 5.41) is 0. The zero-order valence-corrected chi connectivity index (χ0v) is 13.4. The first kappa shape index (κ1) is 16.2. The van der Waals surface area contributed by atoms with Gasteiger partial charge in [0.1, 0.15) is 0 Å². The molecule has 0 spiro atoms. The molecule has 0 bridgehead atoms. The van der Waals surface area contributed by atoms with Crippen molar-refractivity contribution in [3.63, 3.8) is 0 Å². The van der Waals surface area contributed by atoms with Gasteiger partial charge in [0.15, 0.2) is 0 Å². The number of rotatable bonds is 10. The summed E-state index contributed by atoms with van der Waals surface area (Å²) in [6, 6.07) is 9.68. The van der Waals surface area contributed by atoms with E-state index in [-0.39, 0.29) is 0 Å². The predicted octanol–water partition coefficient (Wildman–Crippen LogP) is 3.60. The van der Waals surface area contributed by atoms with Crippen LogP contribution in [0.4, 0.5) is 0 Å². The molecule has 0 saturated carbocycles. The quantitative estimate of drug-likeness (QED) is 0.481. The van der Waals surface area contributed by atoms with E-state index in [1.807, 2.05) is 13.0 Å². The summed E-state index contributed by atoms with van der Waals surface area (Å²) in [7, 11) is -1.11. The first-order valence-corrected chi connectivity index (χ1v) is 9.31. The second kappa shape index (κ2) is 9.95. The summed E-state index contributed by atoms with van der Waals surface area (Å²) in [4.78, 5) is 0. The molecule has 1 rings (SSSR count). The van der Waals surface area contributed by atoms with Crippen LogP contribution in [0.15, 0.2) is 30.8 Å². The fourth-order valence-electron chi connectivity index (χ4n) is 1.93. The minimum absolute atomic E-state index is 0.793. The second-order valence-corrected chi connectivity index (χ2v) is 7.34. The van der Waals surface area contributed by atoms with Crippen molar-refractivity contribution >= 4 is 15.1 Å². The van der Waals surface area contributed by atoms with Crippen LogP contribution in [0.1, 0.15) is 31.4 Å². The molecule has 0 saturated heterocycles. The minimum atomic E-state index is -1.11. The van der Waals surface area contributed by atoms with E-state index < -0.39 is 9.04 Å². The third kappa shape index (κ3) is 6.71. The number of benzene rings is 1. The van der Waals surface area contributed by atoms with Crippen LogP contribution >= 0.6 is 0 Å². The lowest BCUT2D eigenvalue weighted by Gasteiger charge is -2.14. The Kier molecular flexibility index (Phi) is 8.46.